The molecule has 1 aliphatic rings. The fourth-order valence-electron chi connectivity index (χ4n) is 2.95. The van der Waals surface area contributed by atoms with Crippen LogP contribution in [0.5, 0.6) is 0 Å². The molecule has 0 bridgehead atoms. The molecule has 3 aromatic rings. The largest absolute Gasteiger partial charge is 0.450 e. The van der Waals surface area contributed by atoms with Crippen LogP contribution in [-0.2, 0) is 11.3 Å². The van der Waals surface area contributed by atoms with Crippen LogP contribution in [0.4, 0.5) is 10.5 Å². The molecule has 0 atom stereocenters. The van der Waals surface area contributed by atoms with Crippen molar-refractivity contribution in [1.82, 2.24) is 4.90 Å². The minimum atomic E-state index is -0.527. The van der Waals surface area contributed by atoms with Crippen LogP contribution < -0.4 is 0 Å². The summed E-state index contributed by atoms with van der Waals surface area (Å²) in [6.45, 7) is 1.86. The van der Waals surface area contributed by atoms with Crippen molar-refractivity contribution < 1.29 is 18.9 Å². The molecule has 2 aromatic carbocycles. The first-order valence-corrected chi connectivity index (χ1v) is 10.9. The van der Waals surface area contributed by atoms with Crippen molar-refractivity contribution in [3.8, 4) is 0 Å². The number of carbonyl (C=O) groups excluding carboxylic acids is 2. The summed E-state index contributed by atoms with van der Waals surface area (Å²) in [6.07, 6.45) is 1.52. The second kappa shape index (κ2) is 8.83. The van der Waals surface area contributed by atoms with Gasteiger partial charge in [0.2, 0.25) is 0 Å². The van der Waals surface area contributed by atoms with E-state index in [4.69, 9.17) is 4.42 Å². The number of para-hydroxylation sites is 1. The van der Waals surface area contributed by atoms with Crippen LogP contribution in [0.15, 0.2) is 80.0 Å². The van der Waals surface area contributed by atoms with E-state index in [1.54, 1.807) is 24.3 Å². The summed E-state index contributed by atoms with van der Waals surface area (Å²) in [4.78, 5) is 38.0. The molecule has 31 heavy (non-hydrogen) atoms. The van der Waals surface area contributed by atoms with E-state index >= 15 is 0 Å². The maximum atomic E-state index is 12.7. The van der Waals surface area contributed by atoms with Crippen molar-refractivity contribution >= 4 is 46.4 Å². The third kappa shape index (κ3) is 4.73. The maximum absolute atomic E-state index is 12.7. The number of aryl methyl sites for hydroxylation is 1. The highest BCUT2D eigenvalue weighted by atomic mass is 32.2. The predicted octanol–water partition coefficient (Wildman–Crippen LogP) is 5.88. The summed E-state index contributed by atoms with van der Waals surface area (Å²) in [5, 5.41) is 11.4. The Hall–Kier alpha value is -3.30. The van der Waals surface area contributed by atoms with E-state index in [1.165, 1.54) is 35.5 Å². The zero-order valence-corrected chi connectivity index (χ0v) is 17.9. The monoisotopic (exact) mass is 452 g/mol. The summed E-state index contributed by atoms with van der Waals surface area (Å²) < 4.78 is 5.77. The van der Waals surface area contributed by atoms with Gasteiger partial charge in [0, 0.05) is 22.6 Å². The topological polar surface area (TPSA) is 93.7 Å². The lowest BCUT2D eigenvalue weighted by Gasteiger charge is -2.12. The number of imide groups is 1. The molecule has 4 rings (SSSR count). The van der Waals surface area contributed by atoms with Crippen molar-refractivity contribution in [2.75, 3.05) is 0 Å². The highest BCUT2D eigenvalue weighted by Gasteiger charge is 2.36. The van der Waals surface area contributed by atoms with E-state index in [2.05, 4.69) is 0 Å². The third-order valence-electron chi connectivity index (χ3n) is 4.51. The molecule has 0 N–H and O–H groups in total. The van der Waals surface area contributed by atoms with E-state index in [1.807, 2.05) is 31.2 Å². The minimum absolute atomic E-state index is 0.130. The first kappa shape index (κ1) is 21.0. The third-order valence-corrected chi connectivity index (χ3v) is 6.34. The lowest BCUT2D eigenvalue weighted by molar-refractivity contribution is -0.385. The molecule has 0 aliphatic carbocycles. The number of nitro groups is 1. The number of thioether (sulfide) groups is 1. The zero-order valence-electron chi connectivity index (χ0n) is 16.3. The Balaban J connectivity index is 1.49. The van der Waals surface area contributed by atoms with Crippen molar-refractivity contribution in [2.24, 2.45) is 0 Å². The second-order valence-electron chi connectivity index (χ2n) is 6.73. The number of hydrogen-bond donors (Lipinski definition) is 0. The minimum Gasteiger partial charge on any atom is -0.450 e. The van der Waals surface area contributed by atoms with Crippen molar-refractivity contribution in [2.45, 2.75) is 23.5 Å². The van der Waals surface area contributed by atoms with Gasteiger partial charge in [-0.05, 0) is 43.0 Å². The highest BCUT2D eigenvalue weighted by Crippen LogP contribution is 2.36. The van der Waals surface area contributed by atoms with Gasteiger partial charge in [-0.15, -0.1) is 0 Å². The van der Waals surface area contributed by atoms with Crippen LogP contribution in [0, 0.1) is 17.0 Å². The molecule has 1 fully saturated rings. The number of rotatable bonds is 6. The van der Waals surface area contributed by atoms with Gasteiger partial charge in [0.05, 0.1) is 16.4 Å². The first-order valence-electron chi connectivity index (χ1n) is 9.23. The van der Waals surface area contributed by atoms with Crippen LogP contribution in [-0.4, -0.2) is 21.0 Å². The van der Waals surface area contributed by atoms with E-state index in [9.17, 15) is 19.7 Å². The quantitative estimate of drug-likeness (QED) is 0.262. The van der Waals surface area contributed by atoms with Gasteiger partial charge in [-0.25, -0.2) is 0 Å². The lowest BCUT2D eigenvalue weighted by atomic mass is 10.1. The summed E-state index contributed by atoms with van der Waals surface area (Å²) in [7, 11) is 0. The molecule has 7 nitrogen and oxygen atoms in total. The lowest BCUT2D eigenvalue weighted by Crippen LogP contribution is -2.27. The summed E-state index contributed by atoms with van der Waals surface area (Å²) in [5.41, 5.74) is 1.33. The Morgan fingerprint density at radius 1 is 1.10 bits per heavy atom. The Morgan fingerprint density at radius 3 is 2.58 bits per heavy atom. The van der Waals surface area contributed by atoms with E-state index in [-0.39, 0.29) is 17.1 Å². The number of carbonyl (C=O) groups is 2. The Bertz CT molecular complexity index is 1200. The van der Waals surface area contributed by atoms with Gasteiger partial charge < -0.3 is 4.42 Å². The van der Waals surface area contributed by atoms with Crippen LogP contribution in [0.1, 0.15) is 16.9 Å². The maximum Gasteiger partial charge on any atom is 0.293 e. The molecule has 0 radical (unpaired) electrons. The Labute approximate surface area is 186 Å². The van der Waals surface area contributed by atoms with Crippen molar-refractivity contribution in [3.05, 3.63) is 92.6 Å². The van der Waals surface area contributed by atoms with E-state index in [0.717, 1.165) is 21.6 Å². The van der Waals surface area contributed by atoms with Gasteiger partial charge in [-0.3, -0.25) is 24.6 Å². The van der Waals surface area contributed by atoms with Crippen molar-refractivity contribution in [1.29, 1.82) is 0 Å². The van der Waals surface area contributed by atoms with E-state index in [0.29, 0.717) is 16.4 Å². The SMILES string of the molecule is Cc1ccc(Sc2ccc(/C=C3\SC(=O)N(Cc4ccccc4[N+](=O)[O-])C3=O)o2)cc1. The van der Waals surface area contributed by atoms with E-state index < -0.39 is 16.1 Å². The van der Waals surface area contributed by atoms with Gasteiger partial charge in [-0.1, -0.05) is 47.7 Å². The molecule has 2 heterocycles. The molecule has 1 saturated heterocycles. The number of nitro benzene ring substituents is 1. The normalized spacial score (nSPS) is 15.1. The summed E-state index contributed by atoms with van der Waals surface area (Å²) in [6, 6.07) is 17.6. The standard InChI is InChI=1S/C22H16N2O5S2/c1-14-6-9-17(10-7-14)30-20-11-8-16(29-20)12-19-21(25)23(22(26)31-19)13-15-4-2-3-5-18(15)24(27)28/h2-12H,13H2,1H3/b19-12-. The number of hydrogen-bond acceptors (Lipinski definition) is 7. The average Bonchev–Trinajstić information content (AvgIpc) is 3.29. The molecule has 1 aromatic heterocycles. The molecular weight excluding hydrogens is 436 g/mol. The first-order chi connectivity index (χ1) is 14.9. The van der Waals surface area contributed by atoms with Gasteiger partial charge in [0.1, 0.15) is 5.76 Å². The van der Waals surface area contributed by atoms with Crippen molar-refractivity contribution in [3.63, 3.8) is 0 Å². The van der Waals surface area contributed by atoms with Gasteiger partial charge in [-0.2, -0.15) is 0 Å². The molecule has 1 aliphatic heterocycles. The number of furan rings is 1. The molecule has 9 heteroatoms. The van der Waals surface area contributed by atoms with Gasteiger partial charge in [0.25, 0.3) is 16.8 Å². The van der Waals surface area contributed by atoms with Crippen LogP contribution in [0.2, 0.25) is 0 Å². The molecule has 156 valence electrons. The van der Waals surface area contributed by atoms with Crippen LogP contribution in [0.25, 0.3) is 6.08 Å². The second-order valence-corrected chi connectivity index (χ2v) is 8.80. The fraction of sp³-hybridized carbons (Fsp3) is 0.0909. The molecule has 0 spiro atoms. The fourth-order valence-corrected chi connectivity index (χ4v) is 4.54. The molecule has 2 amide bonds. The summed E-state index contributed by atoms with van der Waals surface area (Å²) in [5.74, 6) is -0.0527. The zero-order chi connectivity index (χ0) is 22.0. The van der Waals surface area contributed by atoms with Gasteiger partial charge >= 0.3 is 0 Å². The summed E-state index contributed by atoms with van der Waals surface area (Å²) >= 11 is 2.24. The molecule has 0 saturated carbocycles. The number of amides is 2. The number of benzene rings is 2. The van der Waals surface area contributed by atoms with Gasteiger partial charge in [0.15, 0.2) is 5.09 Å². The molecule has 0 unspecified atom stereocenters. The predicted molar refractivity (Wildman–Crippen MR) is 119 cm³/mol. The average molecular weight is 453 g/mol. The highest BCUT2D eigenvalue weighted by molar-refractivity contribution is 8.18. The molecular formula is C22H16N2O5S2. The smallest absolute Gasteiger partial charge is 0.293 e. The number of nitrogens with zero attached hydrogens (tertiary/aromatic N) is 2. The van der Waals surface area contributed by atoms with Crippen LogP contribution in [0.3, 0.4) is 0 Å². The Morgan fingerprint density at radius 2 is 1.84 bits per heavy atom. The Kier molecular flexibility index (Phi) is 5.97. The van der Waals surface area contributed by atoms with Crippen LogP contribution >= 0.6 is 23.5 Å².